The molecule has 3 aromatic rings. The van der Waals surface area contributed by atoms with Crippen molar-refractivity contribution < 1.29 is 14.2 Å². The number of rotatable bonds is 4. The van der Waals surface area contributed by atoms with Crippen LogP contribution in [-0.4, -0.2) is 31.2 Å². The topological polar surface area (TPSA) is 85.1 Å². The molecule has 25 heavy (non-hydrogen) atoms. The van der Waals surface area contributed by atoms with Crippen LogP contribution in [-0.2, 0) is 11.3 Å². The van der Waals surface area contributed by atoms with E-state index in [-0.39, 0.29) is 17.0 Å². The van der Waals surface area contributed by atoms with E-state index in [1.54, 1.807) is 23.0 Å². The lowest BCUT2D eigenvalue weighted by Crippen LogP contribution is -2.09. The van der Waals surface area contributed by atoms with Gasteiger partial charge in [-0.1, -0.05) is 17.7 Å². The number of benzene rings is 1. The van der Waals surface area contributed by atoms with Gasteiger partial charge >= 0.3 is 6.08 Å². The number of imidazole rings is 1. The van der Waals surface area contributed by atoms with Crippen LogP contribution < -0.4 is 5.32 Å². The number of nitrogens with zero attached hydrogens (tertiary/aromatic N) is 4. The lowest BCUT2D eigenvalue weighted by atomic mass is 10.2. The van der Waals surface area contributed by atoms with Crippen LogP contribution in [0.3, 0.4) is 0 Å². The molecule has 0 saturated carbocycles. The minimum atomic E-state index is -0.835. The molecule has 1 saturated heterocycles. The van der Waals surface area contributed by atoms with Gasteiger partial charge in [-0.05, 0) is 30.5 Å². The lowest BCUT2D eigenvalue weighted by molar-refractivity contribution is 0.0592. The summed E-state index contributed by atoms with van der Waals surface area (Å²) in [6.07, 6.45) is 2.37. The molecule has 1 aromatic carbocycles. The molecule has 0 amide bonds. The summed E-state index contributed by atoms with van der Waals surface area (Å²) in [6.45, 7) is 1.02. The Morgan fingerprint density at radius 3 is 3.04 bits per heavy atom. The molecule has 1 atom stereocenters. The van der Waals surface area contributed by atoms with Gasteiger partial charge in [0.1, 0.15) is 12.0 Å². The average Bonchev–Trinajstić information content (AvgIpc) is 3.24. The third kappa shape index (κ3) is 3.10. The van der Waals surface area contributed by atoms with Crippen LogP contribution in [0.5, 0.6) is 5.75 Å². The number of ether oxygens (including phenoxy) is 1. The summed E-state index contributed by atoms with van der Waals surface area (Å²) in [5.74, 6) is 0.305. The first-order chi connectivity index (χ1) is 12.1. The smallest absolute Gasteiger partial charge is 0.312 e. The van der Waals surface area contributed by atoms with Crippen molar-refractivity contribution in [1.82, 2.24) is 19.5 Å². The molecular formula is C16H15ClFN5O2. The van der Waals surface area contributed by atoms with Gasteiger partial charge in [-0.3, -0.25) is 4.57 Å². The van der Waals surface area contributed by atoms with E-state index in [9.17, 15) is 9.50 Å². The number of nitrogens with one attached hydrogen (secondary N) is 1. The Kier molecular flexibility index (Phi) is 4.14. The van der Waals surface area contributed by atoms with Gasteiger partial charge in [-0.25, -0.2) is 4.98 Å². The van der Waals surface area contributed by atoms with Gasteiger partial charge in [-0.2, -0.15) is 14.4 Å². The summed E-state index contributed by atoms with van der Waals surface area (Å²) in [5, 5.41) is 12.8. The Hall–Kier alpha value is -2.45. The highest BCUT2D eigenvalue weighted by molar-refractivity contribution is 6.32. The molecule has 0 bridgehead atoms. The number of aromatic hydroxyl groups is 1. The van der Waals surface area contributed by atoms with Gasteiger partial charge in [0.25, 0.3) is 0 Å². The van der Waals surface area contributed by atoms with Gasteiger partial charge in [0.05, 0.1) is 11.3 Å². The summed E-state index contributed by atoms with van der Waals surface area (Å²) in [5.41, 5.74) is 1.68. The second-order valence-electron chi connectivity index (χ2n) is 5.77. The van der Waals surface area contributed by atoms with E-state index in [4.69, 9.17) is 16.3 Å². The lowest BCUT2D eigenvalue weighted by Gasteiger charge is -2.12. The average molecular weight is 364 g/mol. The maximum Gasteiger partial charge on any atom is 0.312 e. The van der Waals surface area contributed by atoms with E-state index in [1.165, 1.54) is 6.07 Å². The third-order valence-corrected chi connectivity index (χ3v) is 4.38. The maximum absolute atomic E-state index is 13.9. The van der Waals surface area contributed by atoms with Crippen LogP contribution in [0.25, 0.3) is 11.2 Å². The molecule has 1 unspecified atom stereocenters. The van der Waals surface area contributed by atoms with Gasteiger partial charge in [-0.15, -0.1) is 0 Å². The number of hydrogen-bond acceptors (Lipinski definition) is 6. The molecule has 130 valence electrons. The SMILES string of the molecule is Oc1ccc(CNc2nc(F)nc3c2ncn3C2CCCO2)cc1Cl. The number of hydrogen-bond donors (Lipinski definition) is 2. The highest BCUT2D eigenvalue weighted by Gasteiger charge is 2.22. The fourth-order valence-electron chi connectivity index (χ4n) is 2.85. The largest absolute Gasteiger partial charge is 0.506 e. The van der Waals surface area contributed by atoms with Crippen LogP contribution in [0.4, 0.5) is 10.2 Å². The third-order valence-electron chi connectivity index (χ3n) is 4.08. The summed E-state index contributed by atoms with van der Waals surface area (Å²) in [4.78, 5) is 12.0. The molecule has 3 heterocycles. The quantitative estimate of drug-likeness (QED) is 0.692. The fourth-order valence-corrected chi connectivity index (χ4v) is 3.05. The zero-order chi connectivity index (χ0) is 17.4. The zero-order valence-electron chi connectivity index (χ0n) is 13.1. The Morgan fingerprint density at radius 1 is 1.40 bits per heavy atom. The van der Waals surface area contributed by atoms with Crippen molar-refractivity contribution in [2.45, 2.75) is 25.6 Å². The van der Waals surface area contributed by atoms with Crippen molar-refractivity contribution in [2.24, 2.45) is 0 Å². The summed E-state index contributed by atoms with van der Waals surface area (Å²) < 4.78 is 21.2. The van der Waals surface area contributed by atoms with Gasteiger partial charge in [0.2, 0.25) is 0 Å². The monoisotopic (exact) mass is 363 g/mol. The van der Waals surface area contributed by atoms with Gasteiger partial charge < -0.3 is 15.2 Å². The Bertz CT molecular complexity index is 926. The number of fused-ring (bicyclic) bond motifs is 1. The minimum absolute atomic E-state index is 0.0104. The summed E-state index contributed by atoms with van der Waals surface area (Å²) in [6, 6.07) is 4.85. The second-order valence-corrected chi connectivity index (χ2v) is 6.18. The van der Waals surface area contributed by atoms with E-state index in [0.29, 0.717) is 30.1 Å². The van der Waals surface area contributed by atoms with E-state index in [0.717, 1.165) is 18.4 Å². The van der Waals surface area contributed by atoms with Crippen molar-refractivity contribution in [1.29, 1.82) is 0 Å². The molecule has 7 nitrogen and oxygen atoms in total. The van der Waals surface area contributed by atoms with Crippen molar-refractivity contribution >= 4 is 28.6 Å². The minimum Gasteiger partial charge on any atom is -0.506 e. The molecule has 1 aliphatic heterocycles. The second kappa shape index (κ2) is 6.45. The predicted octanol–water partition coefficient (Wildman–Crippen LogP) is 3.25. The molecule has 1 aliphatic rings. The van der Waals surface area contributed by atoms with E-state index < -0.39 is 6.08 Å². The first kappa shape index (κ1) is 16.0. The molecular weight excluding hydrogens is 349 g/mol. The van der Waals surface area contributed by atoms with E-state index in [2.05, 4.69) is 20.3 Å². The molecule has 1 fully saturated rings. The zero-order valence-corrected chi connectivity index (χ0v) is 13.9. The standard InChI is InChI=1S/C16H15ClFN5O2/c17-10-6-9(3-4-11(10)24)7-19-14-13-15(22-16(18)21-14)23(8-20-13)12-2-1-5-25-12/h3-4,6,8,12,24H,1-2,5,7H2,(H,19,21,22). The molecule has 9 heteroatoms. The number of halogens is 2. The fraction of sp³-hybridized carbons (Fsp3) is 0.312. The molecule has 2 N–H and O–H groups in total. The Balaban J connectivity index is 1.63. The number of phenolic OH excluding ortho intramolecular Hbond substituents is 1. The highest BCUT2D eigenvalue weighted by atomic mass is 35.5. The molecule has 4 rings (SSSR count). The molecule has 0 aliphatic carbocycles. The molecule has 2 aromatic heterocycles. The van der Waals surface area contributed by atoms with Crippen molar-refractivity contribution in [2.75, 3.05) is 11.9 Å². The van der Waals surface area contributed by atoms with Crippen LogP contribution in [0.2, 0.25) is 5.02 Å². The first-order valence-electron chi connectivity index (χ1n) is 7.85. The maximum atomic E-state index is 13.9. The van der Waals surface area contributed by atoms with Crippen LogP contribution in [0.1, 0.15) is 24.6 Å². The van der Waals surface area contributed by atoms with Gasteiger partial charge in [0.15, 0.2) is 17.0 Å². The van der Waals surface area contributed by atoms with Crippen molar-refractivity contribution in [3.05, 3.63) is 41.2 Å². The molecule has 0 radical (unpaired) electrons. The number of anilines is 1. The summed E-state index contributed by atoms with van der Waals surface area (Å²) >= 11 is 5.90. The molecule has 0 spiro atoms. The predicted molar refractivity (Wildman–Crippen MR) is 89.9 cm³/mol. The van der Waals surface area contributed by atoms with Crippen molar-refractivity contribution in [3.63, 3.8) is 0 Å². The van der Waals surface area contributed by atoms with E-state index in [1.807, 2.05) is 0 Å². The first-order valence-corrected chi connectivity index (χ1v) is 8.22. The summed E-state index contributed by atoms with van der Waals surface area (Å²) in [7, 11) is 0. The Labute approximate surface area is 147 Å². The normalized spacial score (nSPS) is 17.3. The van der Waals surface area contributed by atoms with E-state index >= 15 is 0 Å². The van der Waals surface area contributed by atoms with Crippen LogP contribution in [0, 0.1) is 6.08 Å². The highest BCUT2D eigenvalue weighted by Crippen LogP contribution is 2.29. The number of aromatic nitrogens is 4. The Morgan fingerprint density at radius 2 is 2.28 bits per heavy atom. The van der Waals surface area contributed by atoms with Gasteiger partial charge in [0, 0.05) is 13.2 Å². The van der Waals surface area contributed by atoms with Crippen LogP contribution >= 0.6 is 11.6 Å². The van der Waals surface area contributed by atoms with Crippen LogP contribution in [0.15, 0.2) is 24.5 Å². The number of phenols is 1. The van der Waals surface area contributed by atoms with Crippen molar-refractivity contribution in [3.8, 4) is 5.75 Å².